The van der Waals surface area contributed by atoms with Crippen molar-refractivity contribution < 1.29 is 14.6 Å². The molecule has 1 aliphatic heterocycles. The molecule has 98 valence electrons. The minimum absolute atomic E-state index is 0.252. The van der Waals surface area contributed by atoms with Crippen LogP contribution in [0.25, 0.3) is 0 Å². The largest absolute Gasteiger partial charge is 0.478 e. The number of nitrogens with one attached hydrogen (secondary N) is 1. The van der Waals surface area contributed by atoms with E-state index >= 15 is 0 Å². The van der Waals surface area contributed by atoms with Crippen LogP contribution in [0.1, 0.15) is 6.92 Å². The fourth-order valence-corrected chi connectivity index (χ4v) is 1.42. The summed E-state index contributed by atoms with van der Waals surface area (Å²) in [5.41, 5.74) is 5.71. The van der Waals surface area contributed by atoms with Crippen molar-refractivity contribution in [1.29, 1.82) is 0 Å². The van der Waals surface area contributed by atoms with E-state index in [2.05, 4.69) is 5.32 Å². The van der Waals surface area contributed by atoms with Crippen molar-refractivity contribution in [2.45, 2.75) is 13.0 Å². The highest BCUT2D eigenvalue weighted by molar-refractivity contribution is 5.85. The van der Waals surface area contributed by atoms with Crippen LogP contribution in [0, 0.1) is 0 Å². The fourth-order valence-electron chi connectivity index (χ4n) is 1.42. The summed E-state index contributed by atoms with van der Waals surface area (Å²) in [4.78, 5) is 12.7. The number of epoxide rings is 1. The Labute approximate surface area is 101 Å². The monoisotopic (exact) mass is 243 g/mol. The van der Waals surface area contributed by atoms with Gasteiger partial charge in [0.2, 0.25) is 0 Å². The predicted molar refractivity (Wildman–Crippen MR) is 64.6 cm³/mol. The number of nitrogens with two attached hydrogens (primary N) is 1. The number of carboxylic acid groups (broad SMARTS) is 1. The Balaban J connectivity index is 2.36. The smallest absolute Gasteiger partial charge is 0.332 e. The van der Waals surface area contributed by atoms with E-state index in [-0.39, 0.29) is 6.10 Å². The molecule has 4 N–H and O–H groups in total. The van der Waals surface area contributed by atoms with Crippen LogP contribution in [0.5, 0.6) is 0 Å². The van der Waals surface area contributed by atoms with Gasteiger partial charge in [-0.3, -0.25) is 0 Å². The zero-order valence-electron chi connectivity index (χ0n) is 10.2. The molecule has 1 fully saturated rings. The fraction of sp³-hybridized carbons (Fsp3) is 0.727. The van der Waals surface area contributed by atoms with Crippen molar-refractivity contribution >= 4 is 5.97 Å². The normalized spacial score (nSPS) is 19.2. The first-order valence-electron chi connectivity index (χ1n) is 5.81. The van der Waals surface area contributed by atoms with Crippen LogP contribution in [0.3, 0.4) is 0 Å². The molecule has 0 amide bonds. The molecule has 1 rings (SSSR count). The van der Waals surface area contributed by atoms with E-state index in [1.807, 2.05) is 4.90 Å². The van der Waals surface area contributed by atoms with Crippen LogP contribution in [0.15, 0.2) is 11.8 Å². The molecular weight excluding hydrogens is 222 g/mol. The van der Waals surface area contributed by atoms with Gasteiger partial charge in [-0.15, -0.1) is 0 Å². The lowest BCUT2D eigenvalue weighted by molar-refractivity contribution is -0.132. The van der Waals surface area contributed by atoms with E-state index in [9.17, 15) is 4.79 Å². The molecule has 1 unspecified atom stereocenters. The number of nitrogens with zero attached hydrogens (tertiary/aromatic N) is 1. The second-order valence-corrected chi connectivity index (χ2v) is 4.11. The third kappa shape index (κ3) is 6.25. The van der Waals surface area contributed by atoms with Crippen molar-refractivity contribution in [2.24, 2.45) is 5.73 Å². The molecule has 0 aromatic rings. The lowest BCUT2D eigenvalue weighted by Crippen LogP contribution is -2.33. The Morgan fingerprint density at radius 1 is 1.65 bits per heavy atom. The minimum atomic E-state index is -0.887. The Hall–Kier alpha value is -1.11. The van der Waals surface area contributed by atoms with Gasteiger partial charge in [0, 0.05) is 44.5 Å². The summed E-state index contributed by atoms with van der Waals surface area (Å²) in [6.45, 7) is 6.03. The number of aliphatic carboxylic acids is 1. The predicted octanol–water partition coefficient (Wildman–Crippen LogP) is -0.776. The molecule has 0 bridgehead atoms. The molecule has 0 aliphatic carbocycles. The van der Waals surface area contributed by atoms with Crippen LogP contribution in [0.2, 0.25) is 0 Å². The van der Waals surface area contributed by atoms with Gasteiger partial charge in [0.05, 0.1) is 12.7 Å². The van der Waals surface area contributed by atoms with E-state index < -0.39 is 5.97 Å². The lowest BCUT2D eigenvalue weighted by Gasteiger charge is -2.20. The maximum atomic E-state index is 10.8. The van der Waals surface area contributed by atoms with Crippen LogP contribution in [0.4, 0.5) is 0 Å². The summed E-state index contributed by atoms with van der Waals surface area (Å²) >= 11 is 0. The van der Waals surface area contributed by atoms with Crippen molar-refractivity contribution in [3.63, 3.8) is 0 Å². The van der Waals surface area contributed by atoms with Crippen molar-refractivity contribution in [1.82, 2.24) is 10.2 Å². The molecule has 1 saturated heterocycles. The summed E-state index contributed by atoms with van der Waals surface area (Å²) in [7, 11) is 0. The standard InChI is InChI=1S/C11H21N3O3/c1-9(11(15)16)6-14(7-10-8-17-10)5-4-13-3-2-12/h6,10,13H,2-5,7-8,12H2,1H3,(H,15,16). The summed E-state index contributed by atoms with van der Waals surface area (Å²) in [6, 6.07) is 0. The van der Waals surface area contributed by atoms with Gasteiger partial charge in [0.25, 0.3) is 0 Å². The van der Waals surface area contributed by atoms with Gasteiger partial charge in [0.1, 0.15) is 0 Å². The molecule has 6 heteroatoms. The Morgan fingerprint density at radius 2 is 2.35 bits per heavy atom. The molecule has 17 heavy (non-hydrogen) atoms. The van der Waals surface area contributed by atoms with Crippen molar-refractivity contribution in [2.75, 3.05) is 39.3 Å². The molecule has 0 spiro atoms. The molecule has 0 aromatic carbocycles. The molecule has 0 saturated carbocycles. The third-order valence-electron chi connectivity index (χ3n) is 2.45. The number of hydrogen-bond donors (Lipinski definition) is 3. The minimum Gasteiger partial charge on any atom is -0.478 e. The van der Waals surface area contributed by atoms with Crippen molar-refractivity contribution in [3.05, 3.63) is 11.8 Å². The van der Waals surface area contributed by atoms with Crippen LogP contribution in [-0.4, -0.2) is 61.4 Å². The van der Waals surface area contributed by atoms with Crippen LogP contribution < -0.4 is 11.1 Å². The van der Waals surface area contributed by atoms with E-state index in [4.69, 9.17) is 15.6 Å². The number of carboxylic acids is 1. The second-order valence-electron chi connectivity index (χ2n) is 4.11. The van der Waals surface area contributed by atoms with Gasteiger partial charge in [0.15, 0.2) is 0 Å². The molecular formula is C11H21N3O3. The van der Waals surface area contributed by atoms with E-state index in [1.54, 1.807) is 13.1 Å². The maximum Gasteiger partial charge on any atom is 0.332 e. The van der Waals surface area contributed by atoms with Crippen LogP contribution >= 0.6 is 0 Å². The topological polar surface area (TPSA) is 91.1 Å². The highest BCUT2D eigenvalue weighted by atomic mass is 16.6. The molecule has 1 atom stereocenters. The first-order valence-corrected chi connectivity index (χ1v) is 5.81. The Kier molecular flexibility index (Phi) is 5.96. The Bertz CT molecular complexity index is 277. The quantitative estimate of drug-likeness (QED) is 0.280. The SMILES string of the molecule is CC(=CN(CCNCCN)CC1CO1)C(=O)O. The maximum absolute atomic E-state index is 10.8. The van der Waals surface area contributed by atoms with Gasteiger partial charge >= 0.3 is 5.97 Å². The first-order chi connectivity index (χ1) is 8.13. The number of ether oxygens (including phenoxy) is 1. The molecule has 0 radical (unpaired) electrons. The number of carbonyl (C=O) groups is 1. The average Bonchev–Trinajstić information content (AvgIpc) is 3.07. The number of hydrogen-bond acceptors (Lipinski definition) is 5. The van der Waals surface area contributed by atoms with Crippen LogP contribution in [-0.2, 0) is 9.53 Å². The first kappa shape index (κ1) is 14.0. The lowest BCUT2D eigenvalue weighted by atomic mass is 10.3. The number of rotatable bonds is 9. The van der Waals surface area contributed by atoms with E-state index in [0.717, 1.165) is 32.8 Å². The van der Waals surface area contributed by atoms with Gasteiger partial charge in [-0.1, -0.05) is 0 Å². The zero-order valence-corrected chi connectivity index (χ0v) is 10.2. The molecule has 1 aliphatic rings. The molecule has 6 nitrogen and oxygen atoms in total. The summed E-state index contributed by atoms with van der Waals surface area (Å²) in [5, 5.41) is 12.0. The average molecular weight is 243 g/mol. The van der Waals surface area contributed by atoms with Crippen molar-refractivity contribution in [3.8, 4) is 0 Å². The third-order valence-corrected chi connectivity index (χ3v) is 2.45. The highest BCUT2D eigenvalue weighted by Gasteiger charge is 2.24. The van der Waals surface area contributed by atoms with Gasteiger partial charge in [-0.25, -0.2) is 4.79 Å². The van der Waals surface area contributed by atoms with E-state index in [0.29, 0.717) is 12.1 Å². The molecule has 0 aromatic heterocycles. The second kappa shape index (κ2) is 7.26. The van der Waals surface area contributed by atoms with Gasteiger partial charge in [-0.05, 0) is 6.92 Å². The summed E-state index contributed by atoms with van der Waals surface area (Å²) in [5.74, 6) is -0.887. The Morgan fingerprint density at radius 3 is 2.88 bits per heavy atom. The van der Waals surface area contributed by atoms with Gasteiger partial charge < -0.3 is 25.8 Å². The van der Waals surface area contributed by atoms with Gasteiger partial charge in [-0.2, -0.15) is 0 Å². The zero-order chi connectivity index (χ0) is 12.7. The molecule has 1 heterocycles. The summed E-state index contributed by atoms with van der Waals surface area (Å²) < 4.78 is 5.15. The highest BCUT2D eigenvalue weighted by Crippen LogP contribution is 2.11. The summed E-state index contributed by atoms with van der Waals surface area (Å²) in [6.07, 6.45) is 1.93. The van der Waals surface area contributed by atoms with E-state index in [1.165, 1.54) is 0 Å².